The molecule has 0 bridgehead atoms. The van der Waals surface area contributed by atoms with Crippen LogP contribution in [0.25, 0.3) is 0 Å². The maximum atomic E-state index is 10.9. The Morgan fingerprint density at radius 3 is 2.62 bits per heavy atom. The molecular weight excluding hydrogens is 268 g/mol. The van der Waals surface area contributed by atoms with Gasteiger partial charge in [-0.25, -0.2) is 0 Å². The molecule has 0 aliphatic heterocycles. The van der Waals surface area contributed by atoms with E-state index in [1.165, 1.54) is 11.6 Å². The highest BCUT2D eigenvalue weighted by molar-refractivity contribution is 5.53. The number of rotatable bonds is 6. The first-order valence-corrected chi connectivity index (χ1v) is 6.78. The fourth-order valence-corrected chi connectivity index (χ4v) is 2.21. The highest BCUT2D eigenvalue weighted by Crippen LogP contribution is 2.25. The third kappa shape index (κ3) is 3.51. The lowest BCUT2D eigenvalue weighted by molar-refractivity contribution is -0.384. The van der Waals surface area contributed by atoms with Gasteiger partial charge in [-0.3, -0.25) is 10.1 Å². The fraction of sp³-hybridized carbons (Fsp3) is 0.250. The molecule has 110 valence electrons. The summed E-state index contributed by atoms with van der Waals surface area (Å²) in [4.78, 5) is 10.5. The Labute approximate surface area is 123 Å². The second kappa shape index (κ2) is 6.74. The van der Waals surface area contributed by atoms with Crippen molar-refractivity contribution in [3.63, 3.8) is 0 Å². The zero-order chi connectivity index (χ0) is 15.2. The molecule has 0 saturated carbocycles. The smallest absolute Gasteiger partial charge is 0.270 e. The van der Waals surface area contributed by atoms with E-state index in [0.29, 0.717) is 12.3 Å². The molecule has 0 aliphatic rings. The quantitative estimate of drug-likeness (QED) is 0.648. The number of methoxy groups -OCH3 is 1. The predicted molar refractivity (Wildman–Crippen MR) is 82.8 cm³/mol. The number of aryl methyl sites for hydroxylation is 1. The van der Waals surface area contributed by atoms with E-state index in [1.807, 2.05) is 18.2 Å². The summed E-state index contributed by atoms with van der Waals surface area (Å²) < 4.78 is 5.26. The number of hydrogen-bond acceptors (Lipinski definition) is 4. The lowest BCUT2D eigenvalue weighted by Crippen LogP contribution is -2.04. The lowest BCUT2D eigenvalue weighted by Gasteiger charge is -2.13. The van der Waals surface area contributed by atoms with Crippen LogP contribution in [0.1, 0.15) is 18.1 Å². The lowest BCUT2D eigenvalue weighted by atomic mass is 10.1. The van der Waals surface area contributed by atoms with Crippen LogP contribution in [0.15, 0.2) is 42.5 Å². The number of non-ortho nitro benzene ring substituents is 1. The van der Waals surface area contributed by atoms with Gasteiger partial charge in [0.2, 0.25) is 0 Å². The first-order chi connectivity index (χ1) is 10.2. The van der Waals surface area contributed by atoms with Crippen molar-refractivity contribution in [3.05, 3.63) is 63.7 Å². The van der Waals surface area contributed by atoms with Crippen LogP contribution < -0.4 is 10.1 Å². The number of nitro benzene ring substituents is 1. The topological polar surface area (TPSA) is 64.4 Å². The number of ether oxygens (including phenoxy) is 1. The van der Waals surface area contributed by atoms with Crippen molar-refractivity contribution in [2.45, 2.75) is 19.9 Å². The van der Waals surface area contributed by atoms with Gasteiger partial charge >= 0.3 is 0 Å². The Hall–Kier alpha value is -2.56. The zero-order valence-electron chi connectivity index (χ0n) is 12.1. The normalized spacial score (nSPS) is 10.2. The van der Waals surface area contributed by atoms with Crippen LogP contribution in [0, 0.1) is 10.1 Å². The molecule has 1 N–H and O–H groups in total. The van der Waals surface area contributed by atoms with Crippen LogP contribution >= 0.6 is 0 Å². The monoisotopic (exact) mass is 286 g/mol. The molecule has 0 aromatic heterocycles. The third-order valence-corrected chi connectivity index (χ3v) is 3.34. The van der Waals surface area contributed by atoms with Gasteiger partial charge in [0, 0.05) is 29.9 Å². The minimum absolute atomic E-state index is 0.0661. The van der Waals surface area contributed by atoms with Crippen LogP contribution in [-0.2, 0) is 13.0 Å². The molecule has 0 spiro atoms. The summed E-state index contributed by atoms with van der Waals surface area (Å²) in [6.45, 7) is 2.57. The number of nitrogens with zero attached hydrogens (tertiary/aromatic N) is 1. The van der Waals surface area contributed by atoms with Crippen LogP contribution in [0.3, 0.4) is 0 Å². The maximum Gasteiger partial charge on any atom is 0.270 e. The maximum absolute atomic E-state index is 10.9. The van der Waals surface area contributed by atoms with Gasteiger partial charge in [0.25, 0.3) is 5.69 Å². The van der Waals surface area contributed by atoms with Crippen molar-refractivity contribution in [3.8, 4) is 5.75 Å². The molecule has 21 heavy (non-hydrogen) atoms. The molecule has 0 unspecified atom stereocenters. The Balaban J connectivity index is 2.22. The Kier molecular flexibility index (Phi) is 4.77. The zero-order valence-corrected chi connectivity index (χ0v) is 12.1. The second-order valence-electron chi connectivity index (χ2n) is 4.62. The van der Waals surface area contributed by atoms with Crippen molar-refractivity contribution in [1.82, 2.24) is 0 Å². The number of benzene rings is 2. The summed E-state index contributed by atoms with van der Waals surface area (Å²) in [6, 6.07) is 12.6. The Morgan fingerprint density at radius 1 is 1.19 bits per heavy atom. The van der Waals surface area contributed by atoms with Crippen molar-refractivity contribution in [2.75, 3.05) is 12.4 Å². The Morgan fingerprint density at radius 2 is 1.95 bits per heavy atom. The van der Waals surface area contributed by atoms with E-state index in [-0.39, 0.29) is 5.69 Å². The molecule has 0 amide bonds. The number of hydrogen-bond donors (Lipinski definition) is 1. The first kappa shape index (κ1) is 14.8. The number of anilines is 1. The van der Waals surface area contributed by atoms with Crippen LogP contribution in [0.2, 0.25) is 0 Å². The van der Waals surface area contributed by atoms with E-state index in [4.69, 9.17) is 4.74 Å². The minimum atomic E-state index is -0.400. The summed E-state index contributed by atoms with van der Waals surface area (Å²) in [5, 5.41) is 14.2. The van der Waals surface area contributed by atoms with Crippen LogP contribution in [0.5, 0.6) is 5.75 Å². The van der Waals surface area contributed by atoms with E-state index in [2.05, 4.69) is 18.3 Å². The molecule has 5 nitrogen and oxygen atoms in total. The molecule has 0 atom stereocenters. The molecule has 2 aromatic carbocycles. The van der Waals surface area contributed by atoms with E-state index in [9.17, 15) is 10.1 Å². The molecule has 0 fully saturated rings. The van der Waals surface area contributed by atoms with Crippen LogP contribution in [-0.4, -0.2) is 12.0 Å². The van der Waals surface area contributed by atoms with E-state index in [0.717, 1.165) is 17.7 Å². The molecule has 0 heterocycles. The molecule has 0 radical (unpaired) electrons. The summed E-state index contributed by atoms with van der Waals surface area (Å²) in [7, 11) is 1.56. The van der Waals surface area contributed by atoms with Gasteiger partial charge < -0.3 is 10.1 Å². The van der Waals surface area contributed by atoms with Gasteiger partial charge in [-0.15, -0.1) is 0 Å². The Bertz CT molecular complexity index is 641. The van der Waals surface area contributed by atoms with E-state index >= 15 is 0 Å². The van der Waals surface area contributed by atoms with Crippen molar-refractivity contribution in [1.29, 1.82) is 0 Å². The summed E-state index contributed by atoms with van der Waals surface area (Å²) in [5.74, 6) is 0.641. The number of nitrogens with one attached hydrogen (secondary N) is 1. The van der Waals surface area contributed by atoms with Crippen molar-refractivity contribution < 1.29 is 9.66 Å². The molecule has 2 rings (SSSR count). The summed E-state index contributed by atoms with van der Waals surface area (Å²) in [6.07, 6.45) is 0.926. The van der Waals surface area contributed by atoms with Crippen LogP contribution in [0.4, 0.5) is 11.4 Å². The van der Waals surface area contributed by atoms with Gasteiger partial charge in [-0.1, -0.05) is 25.1 Å². The average molecular weight is 286 g/mol. The molecule has 0 saturated heterocycles. The number of nitro groups is 1. The standard InChI is InChI=1S/C16H18N2O3/c1-3-12-6-4-5-7-15(12)17-11-13-10-14(18(19)20)8-9-16(13)21-2/h4-10,17H,3,11H2,1-2H3. The molecule has 5 heteroatoms. The summed E-state index contributed by atoms with van der Waals surface area (Å²) in [5.41, 5.74) is 3.07. The van der Waals surface area contributed by atoms with E-state index < -0.39 is 4.92 Å². The molecule has 2 aromatic rings. The van der Waals surface area contributed by atoms with E-state index in [1.54, 1.807) is 19.2 Å². The third-order valence-electron chi connectivity index (χ3n) is 3.34. The molecular formula is C16H18N2O3. The predicted octanol–water partition coefficient (Wildman–Crippen LogP) is 3.78. The van der Waals surface area contributed by atoms with Gasteiger partial charge in [0.1, 0.15) is 5.75 Å². The first-order valence-electron chi connectivity index (χ1n) is 6.78. The fourth-order valence-electron chi connectivity index (χ4n) is 2.21. The molecule has 0 aliphatic carbocycles. The van der Waals surface area contributed by atoms with Gasteiger partial charge in [0.05, 0.1) is 12.0 Å². The van der Waals surface area contributed by atoms with Gasteiger partial charge in [-0.05, 0) is 24.1 Å². The van der Waals surface area contributed by atoms with Gasteiger partial charge in [-0.2, -0.15) is 0 Å². The van der Waals surface area contributed by atoms with Crippen molar-refractivity contribution >= 4 is 11.4 Å². The highest BCUT2D eigenvalue weighted by Gasteiger charge is 2.11. The largest absolute Gasteiger partial charge is 0.496 e. The highest BCUT2D eigenvalue weighted by atomic mass is 16.6. The summed E-state index contributed by atoms with van der Waals surface area (Å²) >= 11 is 0. The number of para-hydroxylation sites is 1. The second-order valence-corrected chi connectivity index (χ2v) is 4.62. The minimum Gasteiger partial charge on any atom is -0.496 e. The van der Waals surface area contributed by atoms with Crippen molar-refractivity contribution in [2.24, 2.45) is 0 Å². The van der Waals surface area contributed by atoms with Gasteiger partial charge in [0.15, 0.2) is 0 Å². The SMILES string of the molecule is CCc1ccccc1NCc1cc([N+](=O)[O-])ccc1OC. The average Bonchev–Trinajstić information content (AvgIpc) is 2.52.